The first-order valence-corrected chi connectivity index (χ1v) is 22.0. The Morgan fingerprint density at radius 2 is 0.823 bits per heavy atom. The summed E-state index contributed by atoms with van der Waals surface area (Å²) in [5.74, 6) is 0.700. The van der Waals surface area contributed by atoms with Crippen LogP contribution in [0.1, 0.15) is 22.3 Å². The molecule has 11 aromatic rings. The number of hydrogen-bond acceptors (Lipinski definition) is 3. The van der Waals surface area contributed by atoms with Crippen molar-refractivity contribution in [3.8, 4) is 67.3 Å². The minimum absolute atomic E-state index is 0.445. The van der Waals surface area contributed by atoms with E-state index in [4.69, 9.17) is 9.97 Å². The Labute approximate surface area is 365 Å². The molecular weight excluding hydrogens is 769 g/mol. The highest BCUT2D eigenvalue weighted by Crippen LogP contribution is 2.56. The van der Waals surface area contributed by atoms with Crippen molar-refractivity contribution in [1.29, 1.82) is 0 Å². The highest BCUT2D eigenvalue weighted by atomic mass is 32.1. The molecule has 0 saturated heterocycles. The Morgan fingerprint density at radius 1 is 0.306 bits per heavy atom. The molecule has 2 heterocycles. The zero-order chi connectivity index (χ0) is 41.0. The third kappa shape index (κ3) is 5.85. The van der Waals surface area contributed by atoms with Crippen molar-refractivity contribution < 1.29 is 0 Å². The lowest BCUT2D eigenvalue weighted by Gasteiger charge is -2.34. The van der Waals surface area contributed by atoms with Gasteiger partial charge in [-0.05, 0) is 79.9 Å². The van der Waals surface area contributed by atoms with E-state index in [1.165, 1.54) is 64.7 Å². The second kappa shape index (κ2) is 14.8. The highest BCUT2D eigenvalue weighted by molar-refractivity contribution is 7.25. The van der Waals surface area contributed by atoms with E-state index in [0.29, 0.717) is 5.82 Å². The van der Waals surface area contributed by atoms with Crippen LogP contribution < -0.4 is 0 Å². The van der Waals surface area contributed by atoms with Gasteiger partial charge >= 0.3 is 0 Å². The number of thiophene rings is 1. The van der Waals surface area contributed by atoms with Gasteiger partial charge in [0.05, 0.1) is 16.8 Å². The molecular formula is C59H38N2S. The van der Waals surface area contributed by atoms with Gasteiger partial charge in [0.1, 0.15) is 0 Å². The largest absolute Gasteiger partial charge is 0.228 e. The van der Waals surface area contributed by atoms with Crippen LogP contribution in [0.2, 0.25) is 0 Å². The van der Waals surface area contributed by atoms with Crippen molar-refractivity contribution in [3.05, 3.63) is 253 Å². The van der Waals surface area contributed by atoms with Gasteiger partial charge in [-0.1, -0.05) is 206 Å². The van der Waals surface area contributed by atoms with E-state index >= 15 is 0 Å². The predicted octanol–water partition coefficient (Wildman–Crippen LogP) is 15.5. The van der Waals surface area contributed by atoms with Crippen molar-refractivity contribution >= 4 is 31.5 Å². The molecule has 0 saturated carbocycles. The van der Waals surface area contributed by atoms with E-state index in [1.54, 1.807) is 0 Å². The molecule has 0 radical (unpaired) electrons. The first-order valence-electron chi connectivity index (χ1n) is 21.1. The van der Waals surface area contributed by atoms with Crippen LogP contribution in [0.15, 0.2) is 231 Å². The zero-order valence-electron chi connectivity index (χ0n) is 33.7. The van der Waals surface area contributed by atoms with Gasteiger partial charge in [0.15, 0.2) is 5.82 Å². The summed E-state index contributed by atoms with van der Waals surface area (Å²) in [7, 11) is 0. The summed E-state index contributed by atoms with van der Waals surface area (Å²) >= 11 is 1.85. The van der Waals surface area contributed by atoms with Crippen LogP contribution in [0.5, 0.6) is 0 Å². The summed E-state index contributed by atoms with van der Waals surface area (Å²) in [5.41, 5.74) is 16.7. The first-order chi connectivity index (χ1) is 30.7. The molecule has 0 bridgehead atoms. The van der Waals surface area contributed by atoms with Gasteiger partial charge in [-0.2, -0.15) is 0 Å². The second-order valence-electron chi connectivity index (χ2n) is 16.0. The summed E-state index contributed by atoms with van der Waals surface area (Å²) in [5, 5.41) is 2.61. The smallest absolute Gasteiger partial charge is 0.160 e. The lowest BCUT2D eigenvalue weighted by molar-refractivity contribution is 0.768. The molecule has 3 heteroatoms. The lowest BCUT2D eigenvalue weighted by Crippen LogP contribution is -2.28. The Kier molecular flexibility index (Phi) is 8.62. The fraction of sp³-hybridized carbons (Fsp3) is 0.0169. The summed E-state index contributed by atoms with van der Waals surface area (Å²) in [6.07, 6.45) is 0. The molecule has 9 aromatic carbocycles. The van der Waals surface area contributed by atoms with E-state index < -0.39 is 5.41 Å². The normalized spacial score (nSPS) is 12.6. The number of hydrogen-bond donors (Lipinski definition) is 0. The fourth-order valence-corrected chi connectivity index (χ4v) is 10.8. The van der Waals surface area contributed by atoms with Gasteiger partial charge in [0.2, 0.25) is 0 Å². The molecule has 2 nitrogen and oxygen atoms in total. The van der Waals surface area contributed by atoms with Crippen molar-refractivity contribution in [3.63, 3.8) is 0 Å². The SMILES string of the molecule is c1ccc(-c2nc(-c3ccc(-c4ccc5sc6ccccc6c5c4)cc3)cc(-c3ccccc3-c3ccc(C4(c5ccccc5)c5ccccc5-c5ccccc54)cc3)n2)cc1. The standard InChI is InChI=1S/C59H38N2S/c1-3-15-42(16-4-1)58-60-54(41-29-27-39(28-30-41)43-33-36-57-51(37-43)50-23-11-14-26-56(50)62-57)38-55(61-58)49-22-8-7-19-46(49)40-31-34-45(35-32-40)59(44-17-5-2-6-18-44)52-24-12-9-20-47(52)48-21-10-13-25-53(48)59/h1-38H. The molecule has 62 heavy (non-hydrogen) atoms. The molecule has 0 fully saturated rings. The van der Waals surface area contributed by atoms with Gasteiger partial charge in [-0.3, -0.25) is 0 Å². The van der Waals surface area contributed by atoms with Crippen molar-refractivity contribution in [2.45, 2.75) is 5.41 Å². The quantitative estimate of drug-likeness (QED) is 0.160. The van der Waals surface area contributed by atoms with E-state index in [0.717, 1.165) is 39.2 Å². The highest BCUT2D eigenvalue weighted by Gasteiger charge is 2.45. The van der Waals surface area contributed by atoms with E-state index in [2.05, 4.69) is 212 Å². The number of fused-ring (bicyclic) bond motifs is 6. The fourth-order valence-electron chi connectivity index (χ4n) is 9.76. The topological polar surface area (TPSA) is 25.8 Å². The van der Waals surface area contributed by atoms with Gasteiger partial charge < -0.3 is 0 Å². The zero-order valence-corrected chi connectivity index (χ0v) is 34.6. The Balaban J connectivity index is 0.952. The number of benzene rings is 9. The van der Waals surface area contributed by atoms with E-state index in [9.17, 15) is 0 Å². The maximum atomic E-state index is 5.27. The third-order valence-corrected chi connectivity index (χ3v) is 13.8. The van der Waals surface area contributed by atoms with Crippen LogP contribution in [0.4, 0.5) is 0 Å². The van der Waals surface area contributed by atoms with Crippen LogP contribution in [-0.2, 0) is 5.41 Å². The molecule has 12 rings (SSSR count). The van der Waals surface area contributed by atoms with E-state index in [-0.39, 0.29) is 0 Å². The third-order valence-electron chi connectivity index (χ3n) is 12.6. The summed E-state index contributed by atoms with van der Waals surface area (Å²) in [6, 6.07) is 83.4. The van der Waals surface area contributed by atoms with E-state index in [1.807, 2.05) is 29.5 Å². The number of nitrogens with zero attached hydrogens (tertiary/aromatic N) is 2. The van der Waals surface area contributed by atoms with Crippen LogP contribution in [-0.4, -0.2) is 9.97 Å². The van der Waals surface area contributed by atoms with Crippen LogP contribution in [0, 0.1) is 0 Å². The monoisotopic (exact) mass is 806 g/mol. The maximum Gasteiger partial charge on any atom is 0.160 e. The summed E-state index contributed by atoms with van der Waals surface area (Å²) in [6.45, 7) is 0. The molecule has 2 aromatic heterocycles. The number of aromatic nitrogens is 2. The van der Waals surface area contributed by atoms with Gasteiger partial charge in [-0.25, -0.2) is 9.97 Å². The van der Waals surface area contributed by atoms with Crippen molar-refractivity contribution in [2.24, 2.45) is 0 Å². The van der Waals surface area contributed by atoms with Crippen molar-refractivity contribution in [2.75, 3.05) is 0 Å². The first kappa shape index (κ1) is 36.2. The minimum atomic E-state index is -0.445. The van der Waals surface area contributed by atoms with Crippen LogP contribution in [0.25, 0.3) is 87.5 Å². The van der Waals surface area contributed by atoms with Gasteiger partial charge in [0, 0.05) is 36.9 Å². The van der Waals surface area contributed by atoms with Crippen molar-refractivity contribution in [1.82, 2.24) is 9.97 Å². The van der Waals surface area contributed by atoms with Crippen LogP contribution in [0.3, 0.4) is 0 Å². The minimum Gasteiger partial charge on any atom is -0.228 e. The predicted molar refractivity (Wildman–Crippen MR) is 259 cm³/mol. The Hall–Kier alpha value is -7.72. The molecule has 0 aliphatic heterocycles. The Morgan fingerprint density at radius 3 is 1.55 bits per heavy atom. The Bertz CT molecular complexity index is 3400. The van der Waals surface area contributed by atoms with Crippen LogP contribution >= 0.6 is 11.3 Å². The summed E-state index contributed by atoms with van der Waals surface area (Å²) in [4.78, 5) is 10.5. The average Bonchev–Trinajstić information content (AvgIpc) is 3.88. The number of rotatable bonds is 7. The average molecular weight is 807 g/mol. The summed E-state index contributed by atoms with van der Waals surface area (Å²) < 4.78 is 2.63. The van der Waals surface area contributed by atoms with Gasteiger partial charge in [0.25, 0.3) is 0 Å². The molecule has 0 N–H and O–H groups in total. The molecule has 0 atom stereocenters. The lowest BCUT2D eigenvalue weighted by atomic mass is 9.67. The molecule has 1 aliphatic rings. The molecule has 290 valence electrons. The molecule has 1 aliphatic carbocycles. The second-order valence-corrected chi connectivity index (χ2v) is 17.1. The maximum absolute atomic E-state index is 5.27. The van der Waals surface area contributed by atoms with Gasteiger partial charge in [-0.15, -0.1) is 11.3 Å². The molecule has 0 unspecified atom stereocenters. The molecule has 0 spiro atoms. The molecule has 0 amide bonds.